The number of anilines is 1. The van der Waals surface area contributed by atoms with E-state index < -0.39 is 10.0 Å². The molecule has 0 unspecified atom stereocenters. The first kappa shape index (κ1) is 17.5. The third-order valence-electron chi connectivity index (χ3n) is 3.12. The van der Waals surface area contributed by atoms with Crippen LogP contribution in [0.4, 0.5) is 5.13 Å². The van der Waals surface area contributed by atoms with Gasteiger partial charge in [-0.1, -0.05) is 53.3 Å². The highest BCUT2D eigenvalue weighted by molar-refractivity contribution is 7.90. The maximum Gasteiger partial charge on any atom is 0.284 e. The van der Waals surface area contributed by atoms with E-state index in [1.165, 1.54) is 35.6 Å². The van der Waals surface area contributed by atoms with Gasteiger partial charge in [0.1, 0.15) is 5.01 Å². The second kappa shape index (κ2) is 7.30. The van der Waals surface area contributed by atoms with Gasteiger partial charge in [0.25, 0.3) is 10.0 Å². The van der Waals surface area contributed by atoms with Crippen LogP contribution < -0.4 is 5.32 Å². The molecule has 0 saturated carbocycles. The molecule has 9 heteroatoms. The number of nitrogens with zero attached hydrogens (tertiary/aromatic N) is 3. The molecule has 3 rings (SSSR count). The maximum atomic E-state index is 12.6. The van der Waals surface area contributed by atoms with E-state index in [0.717, 1.165) is 5.01 Å². The molecule has 6 nitrogen and oxygen atoms in total. The molecule has 0 fully saturated rings. The van der Waals surface area contributed by atoms with Gasteiger partial charge >= 0.3 is 0 Å². The Morgan fingerprint density at radius 3 is 2.36 bits per heavy atom. The summed E-state index contributed by atoms with van der Waals surface area (Å²) in [4.78, 5) is 0.0561. The molecule has 25 heavy (non-hydrogen) atoms. The smallest absolute Gasteiger partial charge is 0.284 e. The van der Waals surface area contributed by atoms with Crippen LogP contribution in [0, 0.1) is 6.92 Å². The Bertz CT molecular complexity index is 1000. The van der Waals surface area contributed by atoms with Gasteiger partial charge in [-0.2, -0.15) is 8.42 Å². The van der Waals surface area contributed by atoms with Crippen LogP contribution in [0.1, 0.15) is 10.6 Å². The molecular weight excluding hydrogens is 380 g/mol. The number of aromatic nitrogens is 2. The van der Waals surface area contributed by atoms with Gasteiger partial charge < -0.3 is 5.32 Å². The van der Waals surface area contributed by atoms with E-state index in [-0.39, 0.29) is 10.7 Å². The lowest BCUT2D eigenvalue weighted by Gasteiger charge is -2.08. The Morgan fingerprint density at radius 2 is 1.76 bits per heavy atom. The van der Waals surface area contributed by atoms with Crippen molar-refractivity contribution in [3.05, 3.63) is 70.2 Å². The standard InChI is InChI=1S/C16H13ClN4O2S2/c1-11-19-20-16(24-11)18-15(12-5-3-2-4-6-12)21-25(22,23)14-9-7-13(17)8-10-14/h2-10H,1H3,(H,18,20,21). The third-order valence-corrected chi connectivity index (χ3v) is 5.42. The van der Waals surface area contributed by atoms with Crippen molar-refractivity contribution in [1.29, 1.82) is 0 Å². The highest BCUT2D eigenvalue weighted by Gasteiger charge is 2.16. The van der Waals surface area contributed by atoms with Crippen molar-refractivity contribution in [1.82, 2.24) is 10.2 Å². The van der Waals surface area contributed by atoms with Crippen molar-refractivity contribution < 1.29 is 8.42 Å². The van der Waals surface area contributed by atoms with E-state index in [1.54, 1.807) is 24.3 Å². The molecule has 0 aliphatic heterocycles. The quantitative estimate of drug-likeness (QED) is 0.540. The average molecular weight is 393 g/mol. The molecule has 0 aliphatic carbocycles. The molecule has 3 aromatic rings. The SMILES string of the molecule is Cc1nnc(N/C(=N\S(=O)(=O)c2ccc(Cl)cc2)c2ccccc2)s1. The molecule has 0 aliphatic rings. The maximum absolute atomic E-state index is 12.6. The normalized spacial score (nSPS) is 12.2. The van der Waals surface area contributed by atoms with E-state index in [2.05, 4.69) is 19.9 Å². The second-order valence-electron chi connectivity index (χ2n) is 4.99. The summed E-state index contributed by atoms with van der Waals surface area (Å²) in [7, 11) is -3.91. The number of hydrogen-bond donors (Lipinski definition) is 1. The molecule has 0 spiro atoms. The Balaban J connectivity index is 2.03. The van der Waals surface area contributed by atoms with Crippen LogP contribution in [-0.4, -0.2) is 24.5 Å². The van der Waals surface area contributed by atoms with Crippen LogP contribution in [0.2, 0.25) is 5.02 Å². The molecule has 1 aromatic heterocycles. The summed E-state index contributed by atoms with van der Waals surface area (Å²) in [5, 5.41) is 12.5. The van der Waals surface area contributed by atoms with Gasteiger partial charge in [0, 0.05) is 10.6 Å². The van der Waals surface area contributed by atoms with E-state index in [9.17, 15) is 8.42 Å². The summed E-state index contributed by atoms with van der Waals surface area (Å²) in [6.45, 7) is 1.81. The predicted molar refractivity (Wildman–Crippen MR) is 99.9 cm³/mol. The summed E-state index contributed by atoms with van der Waals surface area (Å²) < 4.78 is 29.2. The summed E-state index contributed by atoms with van der Waals surface area (Å²) in [6, 6.07) is 14.8. The molecule has 0 radical (unpaired) electrons. The number of sulfonamides is 1. The summed E-state index contributed by atoms with van der Waals surface area (Å²) in [5.41, 5.74) is 0.618. The van der Waals surface area contributed by atoms with Crippen molar-refractivity contribution in [3.63, 3.8) is 0 Å². The first-order valence-corrected chi connectivity index (χ1v) is 9.80. The second-order valence-corrected chi connectivity index (χ2v) is 8.21. The van der Waals surface area contributed by atoms with Crippen molar-refractivity contribution in [2.24, 2.45) is 4.40 Å². The molecule has 0 amide bonds. The first-order chi connectivity index (χ1) is 11.9. The van der Waals surface area contributed by atoms with Crippen molar-refractivity contribution in [2.75, 3.05) is 5.32 Å². The van der Waals surface area contributed by atoms with Gasteiger partial charge in [0.05, 0.1) is 4.90 Å². The van der Waals surface area contributed by atoms with E-state index in [0.29, 0.717) is 15.7 Å². The number of nitrogens with one attached hydrogen (secondary N) is 1. The van der Waals surface area contributed by atoms with Crippen LogP contribution in [-0.2, 0) is 10.0 Å². The van der Waals surface area contributed by atoms with Gasteiger partial charge in [-0.15, -0.1) is 14.6 Å². The number of rotatable bonds is 4. The molecule has 2 aromatic carbocycles. The highest BCUT2D eigenvalue weighted by Crippen LogP contribution is 2.19. The fourth-order valence-corrected chi connectivity index (χ4v) is 3.67. The summed E-state index contributed by atoms with van der Waals surface area (Å²) in [6.07, 6.45) is 0. The average Bonchev–Trinajstić information content (AvgIpc) is 3.00. The van der Waals surface area contributed by atoms with Crippen molar-refractivity contribution in [3.8, 4) is 0 Å². The number of amidine groups is 1. The zero-order valence-electron chi connectivity index (χ0n) is 13.0. The lowest BCUT2D eigenvalue weighted by atomic mass is 10.2. The van der Waals surface area contributed by atoms with Crippen LogP contribution >= 0.6 is 22.9 Å². The van der Waals surface area contributed by atoms with Crippen LogP contribution in [0.15, 0.2) is 63.9 Å². The third kappa shape index (κ3) is 4.41. The molecule has 1 N–H and O–H groups in total. The number of benzene rings is 2. The monoisotopic (exact) mass is 392 g/mol. The molecule has 1 heterocycles. The summed E-state index contributed by atoms with van der Waals surface area (Å²) >= 11 is 7.12. The van der Waals surface area contributed by atoms with E-state index in [1.807, 2.05) is 13.0 Å². The van der Waals surface area contributed by atoms with Gasteiger partial charge in [0.15, 0.2) is 5.84 Å². The van der Waals surface area contributed by atoms with Crippen LogP contribution in [0.3, 0.4) is 0 Å². The Kier molecular flexibility index (Phi) is 5.12. The van der Waals surface area contributed by atoms with Gasteiger partial charge in [-0.3, -0.25) is 0 Å². The lowest BCUT2D eigenvalue weighted by molar-refractivity contribution is 0.598. The number of hydrogen-bond acceptors (Lipinski definition) is 5. The lowest BCUT2D eigenvalue weighted by Crippen LogP contribution is -2.16. The summed E-state index contributed by atoms with van der Waals surface area (Å²) in [5.74, 6) is 0.173. The largest absolute Gasteiger partial charge is 0.314 e. The van der Waals surface area contributed by atoms with E-state index in [4.69, 9.17) is 11.6 Å². The Hall–Kier alpha value is -2.29. The number of halogens is 1. The minimum Gasteiger partial charge on any atom is -0.314 e. The minimum atomic E-state index is -3.91. The fourth-order valence-electron chi connectivity index (χ4n) is 1.97. The van der Waals surface area contributed by atoms with Gasteiger partial charge in [-0.05, 0) is 31.2 Å². The van der Waals surface area contributed by atoms with Crippen molar-refractivity contribution in [2.45, 2.75) is 11.8 Å². The molecule has 0 atom stereocenters. The first-order valence-electron chi connectivity index (χ1n) is 7.17. The fraction of sp³-hybridized carbons (Fsp3) is 0.0625. The minimum absolute atomic E-state index is 0.0561. The Labute approximate surface area is 154 Å². The predicted octanol–water partition coefficient (Wildman–Crippen LogP) is 3.75. The van der Waals surface area contributed by atoms with Crippen molar-refractivity contribution >= 4 is 43.9 Å². The van der Waals surface area contributed by atoms with Gasteiger partial charge in [0.2, 0.25) is 5.13 Å². The molecule has 0 saturated heterocycles. The zero-order valence-corrected chi connectivity index (χ0v) is 15.4. The van der Waals surface area contributed by atoms with E-state index >= 15 is 0 Å². The number of aryl methyl sites for hydroxylation is 1. The zero-order chi connectivity index (χ0) is 17.9. The van der Waals surface area contributed by atoms with Crippen LogP contribution in [0.5, 0.6) is 0 Å². The molecule has 128 valence electrons. The van der Waals surface area contributed by atoms with Gasteiger partial charge in [-0.25, -0.2) is 0 Å². The van der Waals surface area contributed by atoms with Crippen LogP contribution in [0.25, 0.3) is 0 Å². The molecule has 0 bridgehead atoms. The molecular formula is C16H13ClN4O2S2. The highest BCUT2D eigenvalue weighted by atomic mass is 35.5. The topological polar surface area (TPSA) is 84.3 Å². The Morgan fingerprint density at radius 1 is 1.08 bits per heavy atom.